The van der Waals surface area contributed by atoms with Gasteiger partial charge in [-0.05, 0) is 5.56 Å². The SMILES string of the molecule is C/C(=C(/C#N)c1ccccc1)[N+](=O)[O-]. The van der Waals surface area contributed by atoms with E-state index in [1.54, 1.807) is 30.3 Å². The van der Waals surface area contributed by atoms with Crippen molar-refractivity contribution in [1.82, 2.24) is 0 Å². The lowest BCUT2D eigenvalue weighted by molar-refractivity contribution is -0.423. The van der Waals surface area contributed by atoms with E-state index in [-0.39, 0.29) is 11.3 Å². The molecule has 0 N–H and O–H groups in total. The van der Waals surface area contributed by atoms with Crippen molar-refractivity contribution in [1.29, 1.82) is 5.26 Å². The maximum Gasteiger partial charge on any atom is 0.261 e. The van der Waals surface area contributed by atoms with E-state index in [0.717, 1.165) is 0 Å². The monoisotopic (exact) mass is 188 g/mol. The molecule has 0 aromatic heterocycles. The zero-order valence-corrected chi connectivity index (χ0v) is 7.60. The predicted octanol–water partition coefficient (Wildman–Crippen LogP) is 2.22. The minimum absolute atomic E-state index is 0.107. The molecule has 0 heterocycles. The molecule has 0 saturated carbocycles. The number of nitro groups is 1. The normalized spacial score (nSPS) is 11.4. The molecular weight excluding hydrogens is 180 g/mol. The molecule has 0 atom stereocenters. The Labute approximate surface area is 81.2 Å². The molecule has 0 aliphatic carbocycles. The fraction of sp³-hybridized carbons (Fsp3) is 0.100. The minimum Gasteiger partial charge on any atom is -0.259 e. The topological polar surface area (TPSA) is 66.9 Å². The molecule has 0 radical (unpaired) electrons. The van der Waals surface area contributed by atoms with Crippen LogP contribution in [0.15, 0.2) is 36.0 Å². The molecule has 1 rings (SSSR count). The summed E-state index contributed by atoms with van der Waals surface area (Å²) in [6.07, 6.45) is 0. The first-order valence-corrected chi connectivity index (χ1v) is 3.97. The highest BCUT2D eigenvalue weighted by Gasteiger charge is 2.13. The summed E-state index contributed by atoms with van der Waals surface area (Å²) in [5.74, 6) is 0. The summed E-state index contributed by atoms with van der Waals surface area (Å²) in [4.78, 5) is 9.92. The van der Waals surface area contributed by atoms with Gasteiger partial charge in [0.15, 0.2) is 0 Å². The predicted molar refractivity (Wildman–Crippen MR) is 51.6 cm³/mol. The van der Waals surface area contributed by atoms with Gasteiger partial charge in [0.2, 0.25) is 0 Å². The van der Waals surface area contributed by atoms with Gasteiger partial charge in [0.1, 0.15) is 11.6 Å². The molecule has 4 heteroatoms. The van der Waals surface area contributed by atoms with Crippen molar-refractivity contribution in [2.24, 2.45) is 0 Å². The van der Waals surface area contributed by atoms with Gasteiger partial charge in [-0.2, -0.15) is 5.26 Å². The van der Waals surface area contributed by atoms with E-state index < -0.39 is 4.92 Å². The third kappa shape index (κ3) is 1.96. The molecule has 0 fully saturated rings. The molecule has 14 heavy (non-hydrogen) atoms. The lowest BCUT2D eigenvalue weighted by Crippen LogP contribution is -1.97. The number of benzene rings is 1. The van der Waals surface area contributed by atoms with Crippen molar-refractivity contribution in [3.8, 4) is 6.07 Å². The zero-order chi connectivity index (χ0) is 10.6. The first kappa shape index (κ1) is 9.93. The van der Waals surface area contributed by atoms with E-state index >= 15 is 0 Å². The third-order valence-electron chi connectivity index (χ3n) is 1.81. The van der Waals surface area contributed by atoms with Gasteiger partial charge in [0.05, 0.1) is 4.92 Å². The summed E-state index contributed by atoms with van der Waals surface area (Å²) in [7, 11) is 0. The average Bonchev–Trinajstić information content (AvgIpc) is 2.20. The number of nitriles is 1. The molecule has 70 valence electrons. The van der Waals surface area contributed by atoms with Crippen LogP contribution in [0.2, 0.25) is 0 Å². The summed E-state index contributed by atoms with van der Waals surface area (Å²) in [5.41, 5.74) is 0.554. The smallest absolute Gasteiger partial charge is 0.259 e. The maximum absolute atomic E-state index is 10.5. The summed E-state index contributed by atoms with van der Waals surface area (Å²) in [6, 6.07) is 10.4. The van der Waals surface area contributed by atoms with E-state index in [2.05, 4.69) is 0 Å². The third-order valence-corrected chi connectivity index (χ3v) is 1.81. The van der Waals surface area contributed by atoms with Gasteiger partial charge >= 0.3 is 0 Å². The number of hydrogen-bond donors (Lipinski definition) is 0. The second-order valence-electron chi connectivity index (χ2n) is 2.70. The Morgan fingerprint density at radius 1 is 1.43 bits per heavy atom. The van der Waals surface area contributed by atoms with E-state index in [4.69, 9.17) is 5.26 Å². The van der Waals surface area contributed by atoms with E-state index in [9.17, 15) is 10.1 Å². The molecular formula is C10H8N2O2. The standard InChI is InChI=1S/C10H8N2O2/c1-8(12(13)14)10(7-11)9-5-3-2-4-6-9/h2-6H,1H3/b10-8+. The van der Waals surface area contributed by atoms with Crippen LogP contribution in [0, 0.1) is 21.4 Å². The molecule has 1 aromatic rings. The van der Waals surface area contributed by atoms with Crippen molar-refractivity contribution >= 4 is 5.57 Å². The molecule has 0 bridgehead atoms. The number of hydrogen-bond acceptors (Lipinski definition) is 3. The van der Waals surface area contributed by atoms with Crippen LogP contribution in [-0.4, -0.2) is 4.92 Å². The van der Waals surface area contributed by atoms with Crippen LogP contribution in [0.4, 0.5) is 0 Å². The van der Waals surface area contributed by atoms with Gasteiger partial charge in [-0.15, -0.1) is 0 Å². The lowest BCUT2D eigenvalue weighted by atomic mass is 10.1. The first-order valence-electron chi connectivity index (χ1n) is 3.97. The Morgan fingerprint density at radius 2 is 2.00 bits per heavy atom. The van der Waals surface area contributed by atoms with E-state index in [1.807, 2.05) is 6.07 Å². The largest absolute Gasteiger partial charge is 0.261 e. The van der Waals surface area contributed by atoms with Gasteiger partial charge in [0, 0.05) is 6.92 Å². The second kappa shape index (κ2) is 4.19. The quantitative estimate of drug-likeness (QED) is 0.406. The van der Waals surface area contributed by atoms with Crippen molar-refractivity contribution in [2.45, 2.75) is 6.92 Å². The van der Waals surface area contributed by atoms with Gasteiger partial charge < -0.3 is 0 Å². The van der Waals surface area contributed by atoms with Crippen LogP contribution in [0.1, 0.15) is 12.5 Å². The average molecular weight is 188 g/mol. The van der Waals surface area contributed by atoms with Crippen molar-refractivity contribution in [3.05, 3.63) is 51.7 Å². The summed E-state index contributed by atoms with van der Waals surface area (Å²) in [6.45, 7) is 1.32. The molecule has 1 aromatic carbocycles. The molecule has 0 saturated heterocycles. The molecule has 0 spiro atoms. The van der Waals surface area contributed by atoms with Gasteiger partial charge in [0.25, 0.3) is 5.70 Å². The Hall–Kier alpha value is -2.15. The van der Waals surface area contributed by atoms with Gasteiger partial charge in [-0.25, -0.2) is 0 Å². The summed E-state index contributed by atoms with van der Waals surface area (Å²) in [5, 5.41) is 19.3. The van der Waals surface area contributed by atoms with Gasteiger partial charge in [-0.1, -0.05) is 30.3 Å². The molecule has 0 aliphatic heterocycles. The van der Waals surface area contributed by atoms with Crippen molar-refractivity contribution < 1.29 is 4.92 Å². The number of nitrogens with zero attached hydrogens (tertiary/aromatic N) is 2. The molecule has 0 aliphatic rings. The zero-order valence-electron chi connectivity index (χ0n) is 7.60. The fourth-order valence-electron chi connectivity index (χ4n) is 1.05. The first-order chi connectivity index (χ1) is 6.66. The van der Waals surface area contributed by atoms with Gasteiger partial charge in [-0.3, -0.25) is 10.1 Å². The van der Waals surface area contributed by atoms with Crippen LogP contribution < -0.4 is 0 Å². The second-order valence-corrected chi connectivity index (χ2v) is 2.70. The van der Waals surface area contributed by atoms with Crippen LogP contribution in [0.3, 0.4) is 0 Å². The van der Waals surface area contributed by atoms with Crippen LogP contribution in [-0.2, 0) is 0 Å². The lowest BCUT2D eigenvalue weighted by Gasteiger charge is -1.97. The fourth-order valence-corrected chi connectivity index (χ4v) is 1.05. The van der Waals surface area contributed by atoms with Crippen molar-refractivity contribution in [3.63, 3.8) is 0 Å². The Balaban J connectivity index is 3.26. The maximum atomic E-state index is 10.5. The van der Waals surface area contributed by atoms with Crippen LogP contribution in [0.25, 0.3) is 5.57 Å². The van der Waals surface area contributed by atoms with E-state index in [0.29, 0.717) is 5.56 Å². The molecule has 0 unspecified atom stereocenters. The highest BCUT2D eigenvalue weighted by molar-refractivity contribution is 5.77. The van der Waals surface area contributed by atoms with E-state index in [1.165, 1.54) is 6.92 Å². The number of allylic oxidation sites excluding steroid dienone is 2. The Bertz CT molecular complexity index is 415. The highest BCUT2D eigenvalue weighted by Crippen LogP contribution is 2.17. The Kier molecular flexibility index (Phi) is 2.97. The Morgan fingerprint density at radius 3 is 2.43 bits per heavy atom. The minimum atomic E-state index is -0.550. The highest BCUT2D eigenvalue weighted by atomic mass is 16.6. The van der Waals surface area contributed by atoms with Crippen LogP contribution in [0.5, 0.6) is 0 Å². The van der Waals surface area contributed by atoms with Crippen molar-refractivity contribution in [2.75, 3.05) is 0 Å². The van der Waals surface area contributed by atoms with Crippen LogP contribution >= 0.6 is 0 Å². The number of rotatable bonds is 2. The molecule has 0 amide bonds. The summed E-state index contributed by atoms with van der Waals surface area (Å²) < 4.78 is 0. The summed E-state index contributed by atoms with van der Waals surface area (Å²) >= 11 is 0. The molecule has 4 nitrogen and oxygen atoms in total.